The van der Waals surface area contributed by atoms with Crippen LogP contribution in [0.4, 0.5) is 4.79 Å². The van der Waals surface area contributed by atoms with Gasteiger partial charge in [0.25, 0.3) is 0 Å². The third-order valence-electron chi connectivity index (χ3n) is 5.96. The van der Waals surface area contributed by atoms with Gasteiger partial charge in [0.05, 0.1) is 0 Å². The van der Waals surface area contributed by atoms with Crippen molar-refractivity contribution in [2.24, 2.45) is 5.92 Å². The quantitative estimate of drug-likeness (QED) is 0.699. The Morgan fingerprint density at radius 3 is 2.21 bits per heavy atom. The Hall–Kier alpha value is -2.86. The average Bonchev–Trinajstić information content (AvgIpc) is 3.06. The molecule has 1 saturated heterocycles. The molecule has 1 fully saturated rings. The first-order valence-electron chi connectivity index (χ1n) is 10.2. The van der Waals surface area contributed by atoms with Gasteiger partial charge in [0.1, 0.15) is 12.6 Å². The second-order valence-electron chi connectivity index (χ2n) is 7.79. The topological polar surface area (TPSA) is 87.7 Å². The van der Waals surface area contributed by atoms with Gasteiger partial charge in [0.15, 0.2) is 0 Å². The van der Waals surface area contributed by atoms with Gasteiger partial charge >= 0.3 is 12.1 Å². The summed E-state index contributed by atoms with van der Waals surface area (Å²) in [5, 5.41) is 15.3. The number of benzene rings is 2. The number of hydrogen-bond acceptors (Lipinski definition) is 4. The standard InChI is InChI=1S/C23H26N2O4/c26-22(27)21(13-15-9-11-24-12-10-15)25-23(28)29-14-20-18-7-3-1-5-16(18)17-6-2-4-8-19(17)20/h1-8,15,20-21,24H,9-14H2,(H,25,28)(H,26,27)/t21-/m0/s1. The van der Waals surface area contributed by atoms with Gasteiger partial charge in [-0.3, -0.25) is 0 Å². The minimum Gasteiger partial charge on any atom is -0.480 e. The monoisotopic (exact) mass is 394 g/mol. The lowest BCUT2D eigenvalue weighted by Gasteiger charge is -2.25. The highest BCUT2D eigenvalue weighted by molar-refractivity contribution is 5.81. The molecule has 29 heavy (non-hydrogen) atoms. The van der Waals surface area contributed by atoms with E-state index in [9.17, 15) is 14.7 Å². The largest absolute Gasteiger partial charge is 0.480 e. The summed E-state index contributed by atoms with van der Waals surface area (Å²) in [7, 11) is 0. The van der Waals surface area contributed by atoms with E-state index in [4.69, 9.17) is 4.74 Å². The zero-order valence-electron chi connectivity index (χ0n) is 16.3. The molecule has 0 unspecified atom stereocenters. The number of carboxylic acid groups (broad SMARTS) is 1. The van der Waals surface area contributed by atoms with Crippen molar-refractivity contribution in [1.29, 1.82) is 0 Å². The number of nitrogens with one attached hydrogen (secondary N) is 2. The summed E-state index contributed by atoms with van der Waals surface area (Å²) in [6, 6.07) is 15.3. The summed E-state index contributed by atoms with van der Waals surface area (Å²) < 4.78 is 5.48. The molecule has 2 aliphatic rings. The first kappa shape index (κ1) is 19.5. The Bertz CT molecular complexity index is 846. The number of carboxylic acids is 1. The van der Waals surface area contributed by atoms with Crippen LogP contribution < -0.4 is 10.6 Å². The summed E-state index contributed by atoms with van der Waals surface area (Å²) >= 11 is 0. The van der Waals surface area contributed by atoms with Crippen LogP contribution in [-0.2, 0) is 9.53 Å². The smallest absolute Gasteiger partial charge is 0.407 e. The first-order chi connectivity index (χ1) is 14.1. The summed E-state index contributed by atoms with van der Waals surface area (Å²) in [6.45, 7) is 1.96. The van der Waals surface area contributed by atoms with Gasteiger partial charge in [-0.15, -0.1) is 0 Å². The van der Waals surface area contributed by atoms with Crippen molar-refractivity contribution in [3.63, 3.8) is 0 Å². The molecule has 3 N–H and O–H groups in total. The maximum Gasteiger partial charge on any atom is 0.407 e. The zero-order valence-corrected chi connectivity index (χ0v) is 16.3. The van der Waals surface area contributed by atoms with Crippen LogP contribution in [0.3, 0.4) is 0 Å². The summed E-state index contributed by atoms with van der Waals surface area (Å²) in [4.78, 5) is 24.0. The highest BCUT2D eigenvalue weighted by atomic mass is 16.5. The van der Waals surface area contributed by atoms with Gasteiger partial charge in [-0.1, -0.05) is 48.5 Å². The van der Waals surface area contributed by atoms with E-state index >= 15 is 0 Å². The maximum atomic E-state index is 12.4. The third-order valence-corrected chi connectivity index (χ3v) is 5.96. The molecule has 6 nitrogen and oxygen atoms in total. The number of fused-ring (bicyclic) bond motifs is 3. The molecular formula is C23H26N2O4. The van der Waals surface area contributed by atoms with Crippen molar-refractivity contribution in [3.8, 4) is 11.1 Å². The second-order valence-corrected chi connectivity index (χ2v) is 7.79. The lowest BCUT2D eigenvalue weighted by molar-refractivity contribution is -0.139. The number of aliphatic carboxylic acids is 1. The van der Waals surface area contributed by atoms with Crippen LogP contribution in [-0.4, -0.2) is 42.9 Å². The van der Waals surface area contributed by atoms with E-state index in [2.05, 4.69) is 34.9 Å². The molecule has 1 aliphatic carbocycles. The van der Waals surface area contributed by atoms with E-state index in [1.54, 1.807) is 0 Å². The number of rotatable bonds is 6. The van der Waals surface area contributed by atoms with Crippen LogP contribution in [0, 0.1) is 5.92 Å². The maximum absolute atomic E-state index is 12.4. The fraction of sp³-hybridized carbons (Fsp3) is 0.391. The Morgan fingerprint density at radius 1 is 1.03 bits per heavy atom. The second kappa shape index (κ2) is 8.66. The Kier molecular flexibility index (Phi) is 5.81. The SMILES string of the molecule is O=C(N[C@@H](CC1CCNCC1)C(=O)O)OCC1c2ccccc2-c2ccccc21. The molecule has 0 radical (unpaired) electrons. The molecule has 0 bridgehead atoms. The molecule has 0 aromatic heterocycles. The fourth-order valence-electron chi connectivity index (χ4n) is 4.45. The van der Waals surface area contributed by atoms with Crippen LogP contribution in [0.2, 0.25) is 0 Å². The third kappa shape index (κ3) is 4.27. The molecule has 2 aromatic rings. The van der Waals surface area contributed by atoms with E-state index < -0.39 is 18.1 Å². The fourth-order valence-corrected chi connectivity index (χ4v) is 4.45. The van der Waals surface area contributed by atoms with Crippen molar-refractivity contribution in [3.05, 3.63) is 59.7 Å². The first-order valence-corrected chi connectivity index (χ1v) is 10.2. The van der Waals surface area contributed by atoms with Crippen LogP contribution in [0.25, 0.3) is 11.1 Å². The predicted octanol–water partition coefficient (Wildman–Crippen LogP) is 3.37. The number of ether oxygens (including phenoxy) is 1. The van der Waals surface area contributed by atoms with Crippen LogP contribution in [0.1, 0.15) is 36.3 Å². The van der Waals surface area contributed by atoms with Gasteiger partial charge in [-0.05, 0) is 60.5 Å². The summed E-state index contributed by atoms with van der Waals surface area (Å²) in [6.07, 6.45) is 1.61. The number of amides is 1. The Balaban J connectivity index is 1.39. The zero-order chi connectivity index (χ0) is 20.2. The van der Waals surface area contributed by atoms with Gasteiger partial charge < -0.3 is 20.5 Å². The van der Waals surface area contributed by atoms with E-state index in [0.29, 0.717) is 12.3 Å². The Morgan fingerprint density at radius 2 is 1.62 bits per heavy atom. The van der Waals surface area contributed by atoms with E-state index in [1.807, 2.05) is 24.3 Å². The molecule has 1 aliphatic heterocycles. The molecule has 1 atom stereocenters. The number of hydrogen-bond donors (Lipinski definition) is 3. The number of alkyl carbamates (subject to hydrolysis) is 1. The van der Waals surface area contributed by atoms with Crippen molar-refractivity contribution < 1.29 is 19.4 Å². The number of carbonyl (C=O) groups is 2. The van der Waals surface area contributed by atoms with Crippen LogP contribution in [0.15, 0.2) is 48.5 Å². The van der Waals surface area contributed by atoms with Gasteiger partial charge in [0, 0.05) is 5.92 Å². The number of piperidine rings is 1. The van der Waals surface area contributed by atoms with Crippen molar-refractivity contribution >= 4 is 12.1 Å². The highest BCUT2D eigenvalue weighted by Crippen LogP contribution is 2.44. The molecule has 1 heterocycles. The molecule has 4 rings (SSSR count). The van der Waals surface area contributed by atoms with Gasteiger partial charge in [-0.2, -0.15) is 0 Å². The molecule has 6 heteroatoms. The highest BCUT2D eigenvalue weighted by Gasteiger charge is 2.30. The van der Waals surface area contributed by atoms with Crippen molar-refractivity contribution in [1.82, 2.24) is 10.6 Å². The lowest BCUT2D eigenvalue weighted by Crippen LogP contribution is -2.43. The predicted molar refractivity (Wildman–Crippen MR) is 110 cm³/mol. The van der Waals surface area contributed by atoms with E-state index in [1.165, 1.54) is 0 Å². The summed E-state index contributed by atoms with van der Waals surface area (Å²) in [5.41, 5.74) is 4.58. The normalized spacial score (nSPS) is 17.2. The van der Waals surface area contributed by atoms with Crippen molar-refractivity contribution in [2.45, 2.75) is 31.2 Å². The molecule has 1 amide bonds. The van der Waals surface area contributed by atoms with E-state index in [0.717, 1.165) is 48.2 Å². The molecule has 2 aromatic carbocycles. The minimum atomic E-state index is -1.02. The van der Waals surface area contributed by atoms with Gasteiger partial charge in [0.2, 0.25) is 0 Å². The molecule has 0 spiro atoms. The molecule has 0 saturated carbocycles. The Labute approximate surface area is 170 Å². The number of carbonyl (C=O) groups excluding carboxylic acids is 1. The lowest BCUT2D eigenvalue weighted by atomic mass is 9.91. The molecule has 152 valence electrons. The van der Waals surface area contributed by atoms with Crippen LogP contribution >= 0.6 is 0 Å². The molecular weight excluding hydrogens is 368 g/mol. The summed E-state index contributed by atoms with van der Waals surface area (Å²) in [5.74, 6) is -0.760. The van der Waals surface area contributed by atoms with Crippen molar-refractivity contribution in [2.75, 3.05) is 19.7 Å². The van der Waals surface area contributed by atoms with Gasteiger partial charge in [-0.25, -0.2) is 9.59 Å². The average molecular weight is 394 g/mol. The minimum absolute atomic E-state index is 0.0409. The van der Waals surface area contributed by atoms with Crippen LogP contribution in [0.5, 0.6) is 0 Å². The van der Waals surface area contributed by atoms with E-state index in [-0.39, 0.29) is 12.5 Å².